The van der Waals surface area contributed by atoms with Gasteiger partial charge in [-0.05, 0) is 18.4 Å². The van der Waals surface area contributed by atoms with Crippen LogP contribution in [0.3, 0.4) is 0 Å². The van der Waals surface area contributed by atoms with Crippen LogP contribution in [0.15, 0.2) is 42.5 Å². The van der Waals surface area contributed by atoms with Crippen LogP contribution in [0.1, 0.15) is 6.92 Å². The number of fused-ring (bicyclic) bond motifs is 1. The van der Waals surface area contributed by atoms with Crippen molar-refractivity contribution >= 4 is 16.5 Å². The molecular weight excluding hydrogens is 208 g/mol. The van der Waals surface area contributed by atoms with Gasteiger partial charge in [0.15, 0.2) is 0 Å². The summed E-state index contributed by atoms with van der Waals surface area (Å²) in [5.74, 6) is 0. The zero-order valence-corrected chi connectivity index (χ0v) is 10.2. The number of anilines is 1. The summed E-state index contributed by atoms with van der Waals surface area (Å²) in [6.45, 7) is 5.51. The second kappa shape index (κ2) is 4.38. The van der Waals surface area contributed by atoms with Crippen LogP contribution in [0.25, 0.3) is 10.8 Å². The molecule has 88 valence electrons. The van der Waals surface area contributed by atoms with Crippen molar-refractivity contribution in [2.75, 3.05) is 24.5 Å². The molecule has 1 heterocycles. The van der Waals surface area contributed by atoms with Gasteiger partial charge in [0.2, 0.25) is 0 Å². The number of nitrogens with one attached hydrogen (secondary N) is 1. The van der Waals surface area contributed by atoms with E-state index in [0.29, 0.717) is 6.04 Å². The molecule has 1 unspecified atom stereocenters. The summed E-state index contributed by atoms with van der Waals surface area (Å²) in [7, 11) is 0. The largest absolute Gasteiger partial charge is 0.368 e. The lowest BCUT2D eigenvalue weighted by atomic mass is 10.1. The maximum atomic E-state index is 3.49. The van der Waals surface area contributed by atoms with E-state index in [1.54, 1.807) is 0 Å². The van der Waals surface area contributed by atoms with E-state index in [1.165, 1.54) is 16.5 Å². The minimum Gasteiger partial charge on any atom is -0.368 e. The van der Waals surface area contributed by atoms with Crippen LogP contribution in [0.4, 0.5) is 5.69 Å². The van der Waals surface area contributed by atoms with E-state index in [1.807, 2.05) is 0 Å². The van der Waals surface area contributed by atoms with Crippen molar-refractivity contribution in [2.24, 2.45) is 0 Å². The van der Waals surface area contributed by atoms with E-state index in [-0.39, 0.29) is 0 Å². The molecular formula is C15H18N2. The molecule has 1 fully saturated rings. The molecule has 0 amide bonds. The van der Waals surface area contributed by atoms with Gasteiger partial charge in [-0.2, -0.15) is 0 Å². The molecule has 0 bridgehead atoms. The number of nitrogens with zero attached hydrogens (tertiary/aromatic N) is 1. The molecule has 17 heavy (non-hydrogen) atoms. The van der Waals surface area contributed by atoms with Crippen LogP contribution in [-0.4, -0.2) is 25.7 Å². The normalized spacial score (nSPS) is 20.8. The third kappa shape index (κ3) is 2.01. The first-order chi connectivity index (χ1) is 8.34. The number of hydrogen-bond acceptors (Lipinski definition) is 2. The predicted octanol–water partition coefficient (Wildman–Crippen LogP) is 2.64. The Morgan fingerprint density at radius 1 is 1.12 bits per heavy atom. The van der Waals surface area contributed by atoms with Gasteiger partial charge in [0.25, 0.3) is 0 Å². The summed E-state index contributed by atoms with van der Waals surface area (Å²) in [4.78, 5) is 2.49. The summed E-state index contributed by atoms with van der Waals surface area (Å²) in [6.07, 6.45) is 0. The van der Waals surface area contributed by atoms with Crippen molar-refractivity contribution in [2.45, 2.75) is 13.0 Å². The molecule has 2 heteroatoms. The van der Waals surface area contributed by atoms with Crippen molar-refractivity contribution < 1.29 is 0 Å². The quantitative estimate of drug-likeness (QED) is 0.804. The van der Waals surface area contributed by atoms with Crippen LogP contribution in [-0.2, 0) is 0 Å². The lowest BCUT2D eigenvalue weighted by Crippen LogP contribution is -2.49. The molecule has 0 aromatic heterocycles. The maximum absolute atomic E-state index is 3.49. The average molecular weight is 226 g/mol. The first kappa shape index (κ1) is 10.6. The van der Waals surface area contributed by atoms with Gasteiger partial charge in [-0.25, -0.2) is 0 Å². The van der Waals surface area contributed by atoms with E-state index in [4.69, 9.17) is 0 Å². The first-order valence-electron chi connectivity index (χ1n) is 6.31. The molecule has 2 nitrogen and oxygen atoms in total. The summed E-state index contributed by atoms with van der Waals surface area (Å²) in [6, 6.07) is 15.8. The molecule has 1 atom stereocenters. The number of benzene rings is 2. The molecule has 0 spiro atoms. The van der Waals surface area contributed by atoms with Crippen molar-refractivity contribution in [3.8, 4) is 0 Å². The Morgan fingerprint density at radius 3 is 2.82 bits per heavy atom. The van der Waals surface area contributed by atoms with Crippen molar-refractivity contribution in [3.05, 3.63) is 42.5 Å². The molecule has 1 saturated heterocycles. The van der Waals surface area contributed by atoms with E-state index < -0.39 is 0 Å². The second-order valence-electron chi connectivity index (χ2n) is 4.80. The minimum atomic E-state index is 0.572. The highest BCUT2D eigenvalue weighted by Crippen LogP contribution is 2.27. The summed E-state index contributed by atoms with van der Waals surface area (Å²) < 4.78 is 0. The SMILES string of the molecule is CC1CN(c2cccc3ccccc23)CCN1. The van der Waals surface area contributed by atoms with Gasteiger partial charge in [0.1, 0.15) is 0 Å². The standard InChI is InChI=1S/C15H18N2/c1-12-11-17(10-9-16-12)15-8-4-6-13-5-2-3-7-14(13)15/h2-8,12,16H,9-11H2,1H3. The lowest BCUT2D eigenvalue weighted by molar-refractivity contribution is 0.485. The fourth-order valence-electron chi connectivity index (χ4n) is 2.64. The number of piperazine rings is 1. The highest BCUT2D eigenvalue weighted by molar-refractivity contribution is 5.94. The Morgan fingerprint density at radius 2 is 1.94 bits per heavy atom. The van der Waals surface area contributed by atoms with Crippen LogP contribution < -0.4 is 10.2 Å². The van der Waals surface area contributed by atoms with Gasteiger partial charge in [0.05, 0.1) is 0 Å². The zero-order chi connectivity index (χ0) is 11.7. The van der Waals surface area contributed by atoms with E-state index in [9.17, 15) is 0 Å². The van der Waals surface area contributed by atoms with Crippen LogP contribution >= 0.6 is 0 Å². The molecule has 1 N–H and O–H groups in total. The third-order valence-corrected chi connectivity index (χ3v) is 3.48. The minimum absolute atomic E-state index is 0.572. The van der Waals surface area contributed by atoms with E-state index >= 15 is 0 Å². The fraction of sp³-hybridized carbons (Fsp3) is 0.333. The van der Waals surface area contributed by atoms with Gasteiger partial charge in [-0.3, -0.25) is 0 Å². The van der Waals surface area contributed by atoms with Gasteiger partial charge in [-0.1, -0.05) is 36.4 Å². The first-order valence-corrected chi connectivity index (χ1v) is 6.31. The average Bonchev–Trinajstić information content (AvgIpc) is 2.38. The highest BCUT2D eigenvalue weighted by atomic mass is 15.2. The van der Waals surface area contributed by atoms with Crippen LogP contribution in [0.5, 0.6) is 0 Å². The molecule has 1 aliphatic heterocycles. The zero-order valence-electron chi connectivity index (χ0n) is 10.2. The van der Waals surface area contributed by atoms with Gasteiger partial charge >= 0.3 is 0 Å². The summed E-state index contributed by atoms with van der Waals surface area (Å²) >= 11 is 0. The summed E-state index contributed by atoms with van der Waals surface area (Å²) in [5.41, 5.74) is 1.37. The smallest absolute Gasteiger partial charge is 0.0446 e. The number of hydrogen-bond donors (Lipinski definition) is 1. The maximum Gasteiger partial charge on any atom is 0.0446 e. The van der Waals surface area contributed by atoms with Crippen molar-refractivity contribution in [3.63, 3.8) is 0 Å². The Kier molecular flexibility index (Phi) is 2.73. The Labute approximate surface area is 102 Å². The molecule has 0 aliphatic carbocycles. The topological polar surface area (TPSA) is 15.3 Å². The lowest BCUT2D eigenvalue weighted by Gasteiger charge is -2.34. The van der Waals surface area contributed by atoms with E-state index in [0.717, 1.165) is 19.6 Å². The van der Waals surface area contributed by atoms with Gasteiger partial charge in [0, 0.05) is 36.7 Å². The Hall–Kier alpha value is -1.54. The predicted molar refractivity (Wildman–Crippen MR) is 73.6 cm³/mol. The number of rotatable bonds is 1. The monoisotopic (exact) mass is 226 g/mol. The van der Waals surface area contributed by atoms with Crippen molar-refractivity contribution in [1.29, 1.82) is 0 Å². The molecule has 1 aliphatic rings. The summed E-state index contributed by atoms with van der Waals surface area (Å²) in [5, 5.41) is 6.18. The van der Waals surface area contributed by atoms with Gasteiger partial charge in [-0.15, -0.1) is 0 Å². The second-order valence-corrected chi connectivity index (χ2v) is 4.80. The fourth-order valence-corrected chi connectivity index (χ4v) is 2.64. The molecule has 2 aromatic carbocycles. The molecule has 2 aromatic rings. The Balaban J connectivity index is 2.04. The molecule has 0 saturated carbocycles. The molecule has 0 radical (unpaired) electrons. The highest BCUT2D eigenvalue weighted by Gasteiger charge is 2.17. The van der Waals surface area contributed by atoms with Crippen LogP contribution in [0, 0.1) is 0 Å². The van der Waals surface area contributed by atoms with Crippen molar-refractivity contribution in [1.82, 2.24) is 5.32 Å². The molecule has 3 rings (SSSR count). The van der Waals surface area contributed by atoms with E-state index in [2.05, 4.69) is 59.6 Å². The van der Waals surface area contributed by atoms with Gasteiger partial charge < -0.3 is 10.2 Å². The third-order valence-electron chi connectivity index (χ3n) is 3.48. The van der Waals surface area contributed by atoms with Crippen LogP contribution in [0.2, 0.25) is 0 Å². The Bertz CT molecular complexity index is 516.